The Labute approximate surface area is 186 Å². The molecule has 0 bridgehead atoms. The molecule has 0 aliphatic carbocycles. The molecule has 0 unspecified atom stereocenters. The monoisotopic (exact) mass is 481 g/mol. The number of pyridine rings is 1. The summed E-state index contributed by atoms with van der Waals surface area (Å²) in [6.07, 6.45) is 1.95. The third-order valence-electron chi connectivity index (χ3n) is 5.75. The fraction of sp³-hybridized carbons (Fsp3) is 0.261. The molecule has 0 radical (unpaired) electrons. The predicted octanol–water partition coefficient (Wildman–Crippen LogP) is 3.85. The van der Waals surface area contributed by atoms with Crippen LogP contribution in [0.25, 0.3) is 27.6 Å². The molecule has 1 N–H and O–H groups in total. The Balaban J connectivity index is 1.59. The van der Waals surface area contributed by atoms with E-state index in [0.29, 0.717) is 25.3 Å². The smallest absolute Gasteiger partial charge is 0.331 e. The van der Waals surface area contributed by atoms with Crippen LogP contribution in [0.2, 0.25) is 0 Å². The lowest BCUT2D eigenvalue weighted by molar-refractivity contribution is -0.151. The first kappa shape index (κ1) is 20.0. The van der Waals surface area contributed by atoms with Crippen molar-refractivity contribution in [3.8, 4) is 5.69 Å². The molecule has 7 nitrogen and oxygen atoms in total. The van der Waals surface area contributed by atoms with Gasteiger partial charge in [0, 0.05) is 9.86 Å². The van der Waals surface area contributed by atoms with Gasteiger partial charge in [0.1, 0.15) is 0 Å². The summed E-state index contributed by atoms with van der Waals surface area (Å²) in [5.74, 6) is -0.229. The second-order valence-electron chi connectivity index (χ2n) is 7.75. The van der Waals surface area contributed by atoms with Crippen LogP contribution in [0.3, 0.4) is 0 Å². The molecule has 4 aromatic rings. The van der Waals surface area contributed by atoms with Crippen LogP contribution < -0.4 is 5.69 Å². The lowest BCUT2D eigenvalue weighted by atomic mass is 9.76. The van der Waals surface area contributed by atoms with Gasteiger partial charge in [-0.15, -0.1) is 0 Å². The molecule has 8 heteroatoms. The second-order valence-corrected chi connectivity index (χ2v) is 8.66. The van der Waals surface area contributed by atoms with Crippen LogP contribution in [0, 0.1) is 0 Å². The number of ether oxygens (including phenoxy) is 2. The third kappa shape index (κ3) is 3.36. The SMILES string of the molecule is CCOC(=O)CC1(c2ccc(-n3c(=O)[nH]c4cnc5ccc(Br)cc5c43)cc2)COC1. The van der Waals surface area contributed by atoms with E-state index in [2.05, 4.69) is 25.9 Å². The van der Waals surface area contributed by atoms with E-state index in [4.69, 9.17) is 9.47 Å². The van der Waals surface area contributed by atoms with Crippen molar-refractivity contribution in [3.05, 3.63) is 69.2 Å². The number of rotatable bonds is 5. The van der Waals surface area contributed by atoms with Gasteiger partial charge in [-0.1, -0.05) is 28.1 Å². The van der Waals surface area contributed by atoms with Crippen molar-refractivity contribution >= 4 is 43.8 Å². The summed E-state index contributed by atoms with van der Waals surface area (Å²) >= 11 is 3.51. The van der Waals surface area contributed by atoms with Gasteiger partial charge < -0.3 is 14.5 Å². The van der Waals surface area contributed by atoms with E-state index in [0.717, 1.165) is 32.1 Å². The molecule has 1 saturated heterocycles. The number of carbonyl (C=O) groups is 1. The molecule has 3 heterocycles. The Morgan fingerprint density at radius 2 is 2.03 bits per heavy atom. The Kier molecular flexibility index (Phi) is 4.91. The topological polar surface area (TPSA) is 86.2 Å². The van der Waals surface area contributed by atoms with Gasteiger partial charge in [0.2, 0.25) is 0 Å². The number of aromatic amines is 1. The number of imidazole rings is 1. The molecular weight excluding hydrogens is 462 g/mol. The average Bonchev–Trinajstić information content (AvgIpc) is 3.07. The van der Waals surface area contributed by atoms with Gasteiger partial charge in [-0.05, 0) is 42.8 Å². The van der Waals surface area contributed by atoms with Crippen LogP contribution in [0.4, 0.5) is 0 Å². The van der Waals surface area contributed by atoms with Crippen LogP contribution in [0.5, 0.6) is 0 Å². The molecular formula is C23H20BrN3O4. The van der Waals surface area contributed by atoms with Crippen LogP contribution in [0.1, 0.15) is 18.9 Å². The van der Waals surface area contributed by atoms with Crippen molar-refractivity contribution in [3.63, 3.8) is 0 Å². The van der Waals surface area contributed by atoms with E-state index in [-0.39, 0.29) is 23.5 Å². The first-order valence-electron chi connectivity index (χ1n) is 10.0. The van der Waals surface area contributed by atoms with E-state index in [1.54, 1.807) is 17.7 Å². The minimum atomic E-state index is -0.378. The maximum atomic E-state index is 12.8. The van der Waals surface area contributed by atoms with Gasteiger partial charge in [-0.3, -0.25) is 14.3 Å². The maximum Gasteiger partial charge on any atom is 0.331 e. The molecule has 1 aliphatic heterocycles. The number of carbonyl (C=O) groups excluding carboxylic acids is 1. The van der Waals surface area contributed by atoms with Crippen LogP contribution in [-0.4, -0.2) is 40.3 Å². The molecule has 1 fully saturated rings. The zero-order valence-electron chi connectivity index (χ0n) is 16.9. The Bertz CT molecular complexity index is 1350. The van der Waals surface area contributed by atoms with Gasteiger partial charge in [0.25, 0.3) is 0 Å². The van der Waals surface area contributed by atoms with Crippen molar-refractivity contribution in [2.75, 3.05) is 19.8 Å². The van der Waals surface area contributed by atoms with Gasteiger partial charge in [-0.25, -0.2) is 4.79 Å². The molecule has 0 amide bonds. The first-order chi connectivity index (χ1) is 15.0. The number of benzene rings is 2. The van der Waals surface area contributed by atoms with Gasteiger partial charge in [-0.2, -0.15) is 0 Å². The molecule has 158 valence electrons. The van der Waals surface area contributed by atoms with Crippen molar-refractivity contribution in [1.82, 2.24) is 14.5 Å². The lowest BCUT2D eigenvalue weighted by Crippen LogP contribution is -2.48. The molecule has 2 aromatic heterocycles. The molecule has 0 saturated carbocycles. The Morgan fingerprint density at radius 3 is 2.71 bits per heavy atom. The molecule has 0 spiro atoms. The van der Waals surface area contributed by atoms with E-state index in [9.17, 15) is 9.59 Å². The van der Waals surface area contributed by atoms with Gasteiger partial charge in [0.05, 0.1) is 60.1 Å². The van der Waals surface area contributed by atoms with E-state index in [1.165, 1.54) is 0 Å². The highest BCUT2D eigenvalue weighted by Gasteiger charge is 2.42. The maximum absolute atomic E-state index is 12.8. The second kappa shape index (κ2) is 7.62. The average molecular weight is 482 g/mol. The van der Waals surface area contributed by atoms with E-state index < -0.39 is 0 Å². The van der Waals surface area contributed by atoms with Crippen LogP contribution in [0.15, 0.2) is 57.9 Å². The van der Waals surface area contributed by atoms with Crippen molar-refractivity contribution < 1.29 is 14.3 Å². The highest BCUT2D eigenvalue weighted by Crippen LogP contribution is 2.37. The highest BCUT2D eigenvalue weighted by molar-refractivity contribution is 9.10. The summed E-state index contributed by atoms with van der Waals surface area (Å²) < 4.78 is 13.1. The fourth-order valence-corrected chi connectivity index (χ4v) is 4.53. The Morgan fingerprint density at radius 1 is 1.26 bits per heavy atom. The standard InChI is InChI=1S/C23H20BrN3O4/c1-2-31-20(28)10-23(12-30-13-23)14-3-6-16(7-4-14)27-21-17-9-15(24)5-8-18(17)25-11-19(21)26-22(27)29/h3-9,11H,2,10,12-13H2,1H3,(H,26,29). The molecule has 1 aliphatic rings. The predicted molar refractivity (Wildman–Crippen MR) is 121 cm³/mol. The first-order valence-corrected chi connectivity index (χ1v) is 10.8. The highest BCUT2D eigenvalue weighted by atomic mass is 79.9. The minimum Gasteiger partial charge on any atom is -0.466 e. The summed E-state index contributed by atoms with van der Waals surface area (Å²) in [6.45, 7) is 3.11. The lowest BCUT2D eigenvalue weighted by Gasteiger charge is -2.41. The summed E-state index contributed by atoms with van der Waals surface area (Å²) in [4.78, 5) is 32.2. The normalized spacial score (nSPS) is 15.2. The van der Waals surface area contributed by atoms with E-state index in [1.807, 2.05) is 42.5 Å². The summed E-state index contributed by atoms with van der Waals surface area (Å²) in [6, 6.07) is 13.5. The molecule has 5 rings (SSSR count). The van der Waals surface area contributed by atoms with E-state index >= 15 is 0 Å². The number of hydrogen-bond donors (Lipinski definition) is 1. The summed E-state index contributed by atoms with van der Waals surface area (Å²) in [5.41, 5.74) is 3.38. The number of nitrogens with one attached hydrogen (secondary N) is 1. The number of aromatic nitrogens is 3. The van der Waals surface area contributed by atoms with Crippen LogP contribution in [-0.2, 0) is 19.7 Å². The minimum absolute atomic E-state index is 0.229. The molecule has 0 atom stereocenters. The Hall–Kier alpha value is -2.97. The quantitative estimate of drug-likeness (QED) is 0.437. The number of halogens is 1. The van der Waals surface area contributed by atoms with Crippen LogP contribution >= 0.6 is 15.9 Å². The number of esters is 1. The van der Waals surface area contributed by atoms with Crippen molar-refractivity contribution in [1.29, 1.82) is 0 Å². The number of fused-ring (bicyclic) bond motifs is 3. The number of hydrogen-bond acceptors (Lipinski definition) is 5. The number of nitrogens with zero attached hydrogens (tertiary/aromatic N) is 2. The number of H-pyrrole nitrogens is 1. The molecule has 2 aromatic carbocycles. The third-order valence-corrected chi connectivity index (χ3v) is 6.25. The van der Waals surface area contributed by atoms with Crippen molar-refractivity contribution in [2.45, 2.75) is 18.8 Å². The zero-order chi connectivity index (χ0) is 21.6. The molecule has 31 heavy (non-hydrogen) atoms. The summed E-state index contributed by atoms with van der Waals surface area (Å²) in [5, 5.41) is 0.875. The largest absolute Gasteiger partial charge is 0.466 e. The van der Waals surface area contributed by atoms with Crippen molar-refractivity contribution in [2.24, 2.45) is 0 Å². The fourth-order valence-electron chi connectivity index (χ4n) is 4.17. The zero-order valence-corrected chi connectivity index (χ0v) is 18.4. The van der Waals surface area contributed by atoms with Gasteiger partial charge >= 0.3 is 11.7 Å². The summed E-state index contributed by atoms with van der Waals surface area (Å²) in [7, 11) is 0. The van der Waals surface area contributed by atoms with Gasteiger partial charge in [0.15, 0.2) is 0 Å².